The van der Waals surface area contributed by atoms with E-state index in [1.54, 1.807) is 7.11 Å². The van der Waals surface area contributed by atoms with Gasteiger partial charge in [0.05, 0.1) is 31.5 Å². The first-order valence-electron chi connectivity index (χ1n) is 7.11. The van der Waals surface area contributed by atoms with Crippen molar-refractivity contribution in [3.05, 3.63) is 11.8 Å². The highest BCUT2D eigenvalue weighted by Crippen LogP contribution is 2.56. The van der Waals surface area contributed by atoms with E-state index in [4.69, 9.17) is 23.7 Å². The van der Waals surface area contributed by atoms with Crippen molar-refractivity contribution in [1.29, 1.82) is 0 Å². The molecule has 1 N–H and O–H groups in total. The second-order valence-electron chi connectivity index (χ2n) is 5.33. The normalized spacial score (nSPS) is 34.0. The Morgan fingerprint density at radius 1 is 1.41 bits per heavy atom. The van der Waals surface area contributed by atoms with Gasteiger partial charge in [0.15, 0.2) is 0 Å². The van der Waals surface area contributed by atoms with E-state index in [1.165, 1.54) is 13.4 Å². The fourth-order valence-corrected chi connectivity index (χ4v) is 3.16. The summed E-state index contributed by atoms with van der Waals surface area (Å²) in [6, 6.07) is 0. The quantitative estimate of drug-likeness (QED) is 0.586. The Morgan fingerprint density at radius 2 is 2.00 bits per heavy atom. The van der Waals surface area contributed by atoms with Crippen molar-refractivity contribution in [2.75, 3.05) is 34.9 Å². The SMILES string of the molecule is C=O.CNC.COC(=O)C1=COC(OC)C2C1CCC21CO1. The number of esters is 1. The van der Waals surface area contributed by atoms with E-state index in [1.807, 2.05) is 20.9 Å². The van der Waals surface area contributed by atoms with Gasteiger partial charge in [-0.25, -0.2) is 4.79 Å². The molecular formula is C15H25NO6. The topological polar surface area (TPSA) is 86.4 Å². The summed E-state index contributed by atoms with van der Waals surface area (Å²) in [5.74, 6) is -0.0810. The third-order valence-electron chi connectivity index (χ3n) is 4.11. The number of hydrogen-bond donors (Lipinski definition) is 1. The standard InChI is InChI=1S/C12H16O5.C2H7N.CH2O/c1-14-10(13)8-5-16-11(15-2)9-7(8)3-4-12(9)6-17-12;1-3-2;1-2/h5,7,9,11H,3-4,6H2,1-2H3;3H,1-2H3;1H2. The monoisotopic (exact) mass is 315 g/mol. The molecule has 1 spiro atoms. The Morgan fingerprint density at radius 3 is 2.45 bits per heavy atom. The highest BCUT2D eigenvalue weighted by Gasteiger charge is 2.64. The Bertz CT molecular complexity index is 407. The zero-order valence-corrected chi connectivity index (χ0v) is 13.6. The smallest absolute Gasteiger partial charge is 0.337 e. The highest BCUT2D eigenvalue weighted by molar-refractivity contribution is 5.89. The van der Waals surface area contributed by atoms with Gasteiger partial charge >= 0.3 is 5.97 Å². The van der Waals surface area contributed by atoms with Gasteiger partial charge in [0.25, 0.3) is 0 Å². The molecule has 3 rings (SSSR count). The van der Waals surface area contributed by atoms with Crippen LogP contribution in [0.2, 0.25) is 0 Å². The minimum absolute atomic E-state index is 0.103. The van der Waals surface area contributed by atoms with Gasteiger partial charge in [-0.05, 0) is 26.9 Å². The molecule has 1 saturated heterocycles. The van der Waals surface area contributed by atoms with E-state index in [0.29, 0.717) is 5.57 Å². The van der Waals surface area contributed by atoms with Crippen LogP contribution in [-0.4, -0.2) is 59.6 Å². The summed E-state index contributed by atoms with van der Waals surface area (Å²) in [6.07, 6.45) is 3.05. The molecule has 7 heteroatoms. The lowest BCUT2D eigenvalue weighted by atomic mass is 9.83. The highest BCUT2D eigenvalue weighted by atomic mass is 16.7. The Hall–Kier alpha value is -1.44. The maximum atomic E-state index is 11.7. The number of rotatable bonds is 2. The van der Waals surface area contributed by atoms with Gasteiger partial charge in [-0.1, -0.05) is 0 Å². The van der Waals surface area contributed by atoms with E-state index < -0.39 is 0 Å². The van der Waals surface area contributed by atoms with E-state index >= 15 is 0 Å². The van der Waals surface area contributed by atoms with Crippen LogP contribution in [0.3, 0.4) is 0 Å². The summed E-state index contributed by atoms with van der Waals surface area (Å²) >= 11 is 0. The molecule has 7 nitrogen and oxygen atoms in total. The third-order valence-corrected chi connectivity index (χ3v) is 4.11. The maximum absolute atomic E-state index is 11.7. The van der Waals surface area contributed by atoms with Gasteiger partial charge in [0.2, 0.25) is 6.29 Å². The number of carbonyl (C=O) groups excluding carboxylic acids is 2. The van der Waals surface area contributed by atoms with Crippen molar-refractivity contribution in [2.45, 2.75) is 24.7 Å². The summed E-state index contributed by atoms with van der Waals surface area (Å²) in [7, 11) is 6.76. The van der Waals surface area contributed by atoms with Crippen molar-refractivity contribution < 1.29 is 28.5 Å². The molecule has 3 aliphatic rings. The van der Waals surface area contributed by atoms with Crippen LogP contribution in [0, 0.1) is 11.8 Å². The summed E-state index contributed by atoms with van der Waals surface area (Å²) in [5, 5.41) is 2.75. The van der Waals surface area contributed by atoms with Gasteiger partial charge in [0, 0.05) is 13.0 Å². The van der Waals surface area contributed by atoms with E-state index in [9.17, 15) is 4.79 Å². The van der Waals surface area contributed by atoms with Crippen molar-refractivity contribution in [2.24, 2.45) is 11.8 Å². The van der Waals surface area contributed by atoms with E-state index in [0.717, 1.165) is 19.4 Å². The molecular weight excluding hydrogens is 290 g/mol. The van der Waals surface area contributed by atoms with Crippen molar-refractivity contribution in [1.82, 2.24) is 5.32 Å². The largest absolute Gasteiger partial charge is 0.472 e. The Kier molecular flexibility index (Phi) is 6.99. The predicted molar refractivity (Wildman–Crippen MR) is 79.0 cm³/mol. The van der Waals surface area contributed by atoms with E-state index in [-0.39, 0.29) is 29.7 Å². The van der Waals surface area contributed by atoms with Crippen LogP contribution in [0.15, 0.2) is 11.8 Å². The molecule has 1 aliphatic carbocycles. The number of hydrogen-bond acceptors (Lipinski definition) is 7. The van der Waals surface area contributed by atoms with Crippen LogP contribution in [0.25, 0.3) is 0 Å². The predicted octanol–water partition coefficient (Wildman–Crippen LogP) is 0.492. The molecule has 0 aromatic carbocycles. The fourth-order valence-electron chi connectivity index (χ4n) is 3.16. The number of nitrogens with one attached hydrogen (secondary N) is 1. The number of ether oxygens (including phenoxy) is 4. The fraction of sp³-hybridized carbons (Fsp3) is 0.733. The molecule has 2 fully saturated rings. The van der Waals surface area contributed by atoms with Crippen LogP contribution in [-0.2, 0) is 28.5 Å². The van der Waals surface area contributed by atoms with Crippen molar-refractivity contribution in [3.8, 4) is 0 Å². The van der Waals surface area contributed by atoms with E-state index in [2.05, 4.69) is 5.32 Å². The lowest BCUT2D eigenvalue weighted by Gasteiger charge is -2.33. The van der Waals surface area contributed by atoms with Gasteiger partial charge < -0.3 is 29.1 Å². The number of carbonyl (C=O) groups is 2. The zero-order valence-electron chi connectivity index (χ0n) is 13.6. The van der Waals surface area contributed by atoms with Crippen LogP contribution in [0.1, 0.15) is 12.8 Å². The Labute approximate surface area is 130 Å². The first-order valence-corrected chi connectivity index (χ1v) is 7.11. The second-order valence-corrected chi connectivity index (χ2v) is 5.33. The molecule has 0 amide bonds. The molecule has 126 valence electrons. The Balaban J connectivity index is 0.000000435. The summed E-state index contributed by atoms with van der Waals surface area (Å²) in [4.78, 5) is 19.7. The molecule has 2 heterocycles. The molecule has 22 heavy (non-hydrogen) atoms. The average molecular weight is 315 g/mol. The minimum Gasteiger partial charge on any atom is -0.472 e. The molecule has 0 radical (unpaired) electrons. The van der Waals surface area contributed by atoms with Crippen LogP contribution in [0.4, 0.5) is 0 Å². The molecule has 0 bridgehead atoms. The summed E-state index contributed by atoms with van der Waals surface area (Å²) in [6.45, 7) is 2.74. The van der Waals surface area contributed by atoms with Gasteiger partial charge in [-0.15, -0.1) is 0 Å². The zero-order chi connectivity index (χ0) is 16.8. The van der Waals surface area contributed by atoms with Crippen molar-refractivity contribution in [3.63, 3.8) is 0 Å². The number of fused-ring (bicyclic) bond motifs is 2. The van der Waals surface area contributed by atoms with Gasteiger partial charge in [-0.3, -0.25) is 0 Å². The van der Waals surface area contributed by atoms with Crippen LogP contribution in [0.5, 0.6) is 0 Å². The third kappa shape index (κ3) is 3.48. The number of epoxide rings is 1. The van der Waals surface area contributed by atoms with Crippen molar-refractivity contribution >= 4 is 12.8 Å². The number of methoxy groups -OCH3 is 2. The molecule has 2 aliphatic heterocycles. The lowest BCUT2D eigenvalue weighted by molar-refractivity contribution is -0.156. The first kappa shape index (κ1) is 18.6. The first-order chi connectivity index (χ1) is 10.6. The van der Waals surface area contributed by atoms with Crippen LogP contribution >= 0.6 is 0 Å². The van der Waals surface area contributed by atoms with Crippen LogP contribution < -0.4 is 5.32 Å². The summed E-state index contributed by atoms with van der Waals surface area (Å²) < 4.78 is 21.2. The molecule has 0 aromatic rings. The maximum Gasteiger partial charge on any atom is 0.337 e. The molecule has 4 atom stereocenters. The minimum atomic E-state index is -0.321. The van der Waals surface area contributed by atoms with Gasteiger partial charge in [0.1, 0.15) is 12.4 Å². The molecule has 0 aromatic heterocycles. The average Bonchev–Trinajstić information content (AvgIpc) is 3.24. The van der Waals surface area contributed by atoms with Gasteiger partial charge in [-0.2, -0.15) is 0 Å². The lowest BCUT2D eigenvalue weighted by Crippen LogP contribution is -2.41. The summed E-state index contributed by atoms with van der Waals surface area (Å²) in [5.41, 5.74) is 0.483. The molecule has 1 saturated carbocycles. The second kappa shape index (κ2) is 8.26. The molecule has 4 unspecified atom stereocenters.